The normalized spacial score (nSPS) is 16.3. The molecule has 0 spiro atoms. The van der Waals surface area contributed by atoms with Gasteiger partial charge in [0, 0.05) is 29.0 Å². The molecule has 2 aromatic rings. The highest BCUT2D eigenvalue weighted by atomic mass is 35.7. The molecule has 1 N–H and O–H groups in total. The molecule has 28 heavy (non-hydrogen) atoms. The molecule has 0 amide bonds. The fourth-order valence-corrected chi connectivity index (χ4v) is 4.43. The number of aryl methyl sites for hydroxylation is 2. The molecule has 1 aromatic carbocycles. The van der Waals surface area contributed by atoms with E-state index in [2.05, 4.69) is 29.9 Å². The lowest BCUT2D eigenvalue weighted by atomic mass is 10.1. The first-order valence-electron chi connectivity index (χ1n) is 9.23. The zero-order valence-corrected chi connectivity index (χ0v) is 18.3. The zero-order chi connectivity index (χ0) is 20.5. The summed E-state index contributed by atoms with van der Waals surface area (Å²) >= 11 is 6.60. The summed E-state index contributed by atoms with van der Waals surface area (Å²) in [6.45, 7) is 7.28. The van der Waals surface area contributed by atoms with Crippen molar-refractivity contribution in [3.8, 4) is 5.75 Å². The molecule has 1 aliphatic heterocycles. The quantitative estimate of drug-likeness (QED) is 0.527. The Morgan fingerprint density at radius 3 is 2.64 bits per heavy atom. The number of nitrogens with zero attached hydrogens (tertiary/aromatic N) is 2. The molecule has 152 valence electrons. The van der Waals surface area contributed by atoms with Crippen LogP contribution in [-0.4, -0.2) is 19.6 Å². The monoisotopic (exact) mass is 443 g/mol. The van der Waals surface area contributed by atoms with Crippen LogP contribution in [0.25, 0.3) is 5.16 Å². The van der Waals surface area contributed by atoms with Crippen molar-refractivity contribution >= 4 is 36.5 Å². The van der Waals surface area contributed by atoms with E-state index in [1.165, 1.54) is 12.1 Å². The summed E-state index contributed by atoms with van der Waals surface area (Å²) in [5.74, 6) is 0.532. The molecule has 0 radical (unpaired) electrons. The van der Waals surface area contributed by atoms with Crippen LogP contribution in [0.4, 0.5) is 0 Å². The summed E-state index contributed by atoms with van der Waals surface area (Å²) in [5, 5.41) is 4.57. The van der Waals surface area contributed by atoms with Crippen LogP contribution in [0, 0.1) is 0 Å². The number of nitrogens with one attached hydrogen (secondary N) is 1. The van der Waals surface area contributed by atoms with E-state index in [1.54, 1.807) is 6.07 Å². The van der Waals surface area contributed by atoms with Crippen LogP contribution in [0.1, 0.15) is 44.5 Å². The Balaban J connectivity index is 2.21. The minimum atomic E-state index is -3.88. The molecule has 2 heterocycles. The third-order valence-electron chi connectivity index (χ3n) is 4.57. The van der Waals surface area contributed by atoms with Gasteiger partial charge < -0.3 is 14.6 Å². The van der Waals surface area contributed by atoms with Gasteiger partial charge in [-0.1, -0.05) is 25.4 Å². The fourth-order valence-electron chi connectivity index (χ4n) is 3.33. The highest BCUT2D eigenvalue weighted by Crippen LogP contribution is 2.31. The van der Waals surface area contributed by atoms with Crippen molar-refractivity contribution in [1.82, 2.24) is 9.88 Å². The molecule has 3 rings (SSSR count). The van der Waals surface area contributed by atoms with Gasteiger partial charge in [0.2, 0.25) is 0 Å². The minimum absolute atomic E-state index is 0.00951. The topological polar surface area (TPSA) is 72.7 Å². The SMILES string of the molecule is CCCn1cc(CC)c2c1=NC(c1cc(S(=O)(=O)Cl)ccc1OCC)NC=2Cl. The summed E-state index contributed by atoms with van der Waals surface area (Å²) in [7, 11) is 1.66. The Morgan fingerprint density at radius 1 is 1.29 bits per heavy atom. The van der Waals surface area contributed by atoms with Crippen molar-refractivity contribution in [3.63, 3.8) is 0 Å². The van der Waals surface area contributed by atoms with Crippen LogP contribution in [0.15, 0.2) is 34.3 Å². The molecular weight excluding hydrogens is 421 g/mol. The molecule has 0 saturated carbocycles. The average Bonchev–Trinajstić information content (AvgIpc) is 3.00. The van der Waals surface area contributed by atoms with Crippen molar-refractivity contribution < 1.29 is 13.2 Å². The van der Waals surface area contributed by atoms with Crippen molar-refractivity contribution in [3.05, 3.63) is 46.2 Å². The number of aromatic nitrogens is 1. The molecule has 1 aromatic heterocycles. The van der Waals surface area contributed by atoms with E-state index >= 15 is 0 Å². The van der Waals surface area contributed by atoms with Gasteiger partial charge in [0.1, 0.15) is 16.4 Å². The second kappa shape index (κ2) is 8.35. The molecular formula is C19H23Cl2N3O3S. The number of ether oxygens (including phenoxy) is 1. The predicted octanol–water partition coefficient (Wildman–Crippen LogP) is 3.01. The van der Waals surface area contributed by atoms with Gasteiger partial charge in [-0.15, -0.1) is 0 Å². The van der Waals surface area contributed by atoms with Gasteiger partial charge in [-0.05, 0) is 43.5 Å². The smallest absolute Gasteiger partial charge is 0.261 e. The molecule has 0 fully saturated rings. The highest BCUT2D eigenvalue weighted by molar-refractivity contribution is 8.13. The Kier molecular flexibility index (Phi) is 6.27. The summed E-state index contributed by atoms with van der Waals surface area (Å²) < 4.78 is 31.4. The van der Waals surface area contributed by atoms with Crippen molar-refractivity contribution in [2.24, 2.45) is 4.99 Å². The summed E-state index contributed by atoms with van der Waals surface area (Å²) in [6.07, 6.45) is 3.28. The van der Waals surface area contributed by atoms with E-state index in [-0.39, 0.29) is 4.90 Å². The van der Waals surface area contributed by atoms with E-state index < -0.39 is 15.2 Å². The summed E-state index contributed by atoms with van der Waals surface area (Å²) in [5.41, 5.74) is 2.47. The van der Waals surface area contributed by atoms with Crippen molar-refractivity contribution in [2.75, 3.05) is 6.61 Å². The van der Waals surface area contributed by atoms with Crippen molar-refractivity contribution in [2.45, 2.75) is 51.2 Å². The maximum absolute atomic E-state index is 11.8. The van der Waals surface area contributed by atoms with Gasteiger partial charge in [-0.2, -0.15) is 0 Å². The lowest BCUT2D eigenvalue weighted by Crippen LogP contribution is -2.41. The van der Waals surface area contributed by atoms with Gasteiger partial charge in [0.05, 0.1) is 16.7 Å². The maximum Gasteiger partial charge on any atom is 0.261 e. The number of rotatable bonds is 7. The molecule has 9 heteroatoms. The number of halogens is 2. The van der Waals surface area contributed by atoms with Gasteiger partial charge in [-0.25, -0.2) is 13.4 Å². The Hall–Kier alpha value is -1.70. The lowest BCUT2D eigenvalue weighted by molar-refractivity contribution is 0.332. The van der Waals surface area contributed by atoms with Crippen LogP contribution < -0.4 is 20.8 Å². The molecule has 1 atom stereocenters. The van der Waals surface area contributed by atoms with Gasteiger partial charge >= 0.3 is 0 Å². The third-order valence-corrected chi connectivity index (χ3v) is 6.22. The first-order chi connectivity index (χ1) is 13.3. The Morgan fingerprint density at radius 2 is 2.04 bits per heavy atom. The second-order valence-electron chi connectivity index (χ2n) is 6.46. The molecule has 0 bridgehead atoms. The largest absolute Gasteiger partial charge is 0.493 e. The molecule has 0 aliphatic carbocycles. The minimum Gasteiger partial charge on any atom is -0.493 e. The number of hydrogen-bond donors (Lipinski definition) is 1. The molecule has 1 unspecified atom stereocenters. The zero-order valence-electron chi connectivity index (χ0n) is 16.0. The first kappa shape index (κ1) is 21.0. The molecule has 6 nitrogen and oxygen atoms in total. The first-order valence-corrected chi connectivity index (χ1v) is 11.9. The highest BCUT2D eigenvalue weighted by Gasteiger charge is 2.24. The summed E-state index contributed by atoms with van der Waals surface area (Å²) in [6, 6.07) is 4.50. The van der Waals surface area contributed by atoms with Crippen LogP contribution in [0.2, 0.25) is 0 Å². The maximum atomic E-state index is 11.8. The van der Waals surface area contributed by atoms with Crippen molar-refractivity contribution in [1.29, 1.82) is 0 Å². The number of fused-ring (bicyclic) bond motifs is 1. The van der Waals surface area contributed by atoms with Gasteiger partial charge in [-0.3, -0.25) is 0 Å². The predicted molar refractivity (Wildman–Crippen MR) is 111 cm³/mol. The van der Waals surface area contributed by atoms with Crippen LogP contribution >= 0.6 is 22.3 Å². The van der Waals surface area contributed by atoms with Gasteiger partial charge in [0.25, 0.3) is 9.05 Å². The number of hydrogen-bond acceptors (Lipinski definition) is 5. The van der Waals surface area contributed by atoms with Crippen LogP contribution in [-0.2, 0) is 22.0 Å². The standard InChI is InChI=1S/C19H23Cl2N3O3S/c1-4-9-24-11-12(5-2)16-17(20)22-18(23-19(16)24)14-10-13(28(21,25)26)7-8-15(14)27-6-3/h7-8,10-11,18,22H,4-6,9H2,1-3H3. The van der Waals surface area contributed by atoms with Crippen LogP contribution in [0.5, 0.6) is 5.75 Å². The fraction of sp³-hybridized carbons (Fsp3) is 0.421. The van der Waals surface area contributed by atoms with E-state index in [1.807, 2.05) is 6.92 Å². The van der Waals surface area contributed by atoms with E-state index in [4.69, 9.17) is 32.0 Å². The van der Waals surface area contributed by atoms with E-state index in [9.17, 15) is 8.42 Å². The van der Waals surface area contributed by atoms with Crippen LogP contribution in [0.3, 0.4) is 0 Å². The lowest BCUT2D eigenvalue weighted by Gasteiger charge is -2.22. The average molecular weight is 444 g/mol. The number of benzene rings is 1. The van der Waals surface area contributed by atoms with Gasteiger partial charge in [0.15, 0.2) is 6.17 Å². The molecule has 1 aliphatic rings. The molecule has 0 saturated heterocycles. The summed E-state index contributed by atoms with van der Waals surface area (Å²) in [4.78, 5) is 4.84. The second-order valence-corrected chi connectivity index (χ2v) is 9.40. The van der Waals surface area contributed by atoms with E-state index in [0.717, 1.165) is 35.7 Å². The Labute approximate surface area is 174 Å². The Bertz CT molecular complexity index is 1110. The third kappa shape index (κ3) is 4.02. The van der Waals surface area contributed by atoms with E-state index in [0.29, 0.717) is 23.1 Å².